The van der Waals surface area contributed by atoms with Crippen LogP contribution in [-0.4, -0.2) is 24.9 Å². The maximum atomic E-state index is 12.5. The first kappa shape index (κ1) is 16.5. The fourth-order valence-corrected chi connectivity index (χ4v) is 3.05. The van der Waals surface area contributed by atoms with Crippen LogP contribution in [0, 0.1) is 0 Å². The summed E-state index contributed by atoms with van der Waals surface area (Å²) in [5.41, 5.74) is 2.26. The van der Waals surface area contributed by atoms with Crippen LogP contribution in [-0.2, 0) is 11.2 Å². The first-order chi connectivity index (χ1) is 11.6. The van der Waals surface area contributed by atoms with Crippen LogP contribution in [0.2, 0.25) is 5.02 Å². The van der Waals surface area contributed by atoms with Crippen molar-refractivity contribution in [1.82, 2.24) is 5.32 Å². The molecule has 4 nitrogen and oxygen atoms in total. The molecule has 0 unspecified atom stereocenters. The minimum atomic E-state index is -0.183. The van der Waals surface area contributed by atoms with Crippen molar-refractivity contribution in [3.05, 3.63) is 64.7 Å². The summed E-state index contributed by atoms with van der Waals surface area (Å²) in [5, 5.41) is 3.44. The Hall–Kier alpha value is -2.33. The Labute approximate surface area is 146 Å². The molecule has 2 aromatic carbocycles. The molecule has 0 radical (unpaired) electrons. The topological polar surface area (TPSA) is 49.4 Å². The van der Waals surface area contributed by atoms with E-state index in [2.05, 4.69) is 5.32 Å². The molecule has 0 bridgehead atoms. The Bertz CT molecular complexity index is 746. The van der Waals surface area contributed by atoms with Gasteiger partial charge in [0.15, 0.2) is 0 Å². The normalized spacial score (nSPS) is 14.0. The lowest BCUT2D eigenvalue weighted by atomic mass is 10.1. The molecule has 1 aliphatic rings. The molecule has 0 aromatic heterocycles. The lowest BCUT2D eigenvalue weighted by molar-refractivity contribution is -0.117. The molecule has 3 rings (SSSR count). The number of nitrogens with one attached hydrogen (secondary N) is 1. The van der Waals surface area contributed by atoms with E-state index in [0.717, 1.165) is 12.8 Å². The molecule has 1 N–H and O–H groups in total. The highest BCUT2D eigenvalue weighted by molar-refractivity contribution is 6.31. The standard InChI is InChI=1S/C19H19ClN2O2/c20-15-8-9-16(17(13-15)22-12-4-7-18(22)23)19(24)21-11-10-14-5-2-1-3-6-14/h1-3,5-6,8-9,13H,4,7,10-12H2,(H,21,24). The molecular formula is C19H19ClN2O2. The maximum absolute atomic E-state index is 12.5. The molecule has 5 heteroatoms. The Kier molecular flexibility index (Phi) is 5.16. The molecule has 2 amide bonds. The average Bonchev–Trinajstić information content (AvgIpc) is 3.01. The second-order valence-electron chi connectivity index (χ2n) is 5.80. The summed E-state index contributed by atoms with van der Waals surface area (Å²) >= 11 is 6.06. The molecule has 0 saturated carbocycles. The van der Waals surface area contributed by atoms with E-state index in [9.17, 15) is 9.59 Å². The van der Waals surface area contributed by atoms with Gasteiger partial charge in [-0.3, -0.25) is 9.59 Å². The fourth-order valence-electron chi connectivity index (χ4n) is 2.88. The molecule has 1 fully saturated rings. The smallest absolute Gasteiger partial charge is 0.253 e. The quantitative estimate of drug-likeness (QED) is 0.904. The van der Waals surface area contributed by atoms with E-state index in [1.807, 2.05) is 30.3 Å². The number of benzene rings is 2. The number of amides is 2. The van der Waals surface area contributed by atoms with Gasteiger partial charge in [-0.05, 0) is 36.6 Å². The van der Waals surface area contributed by atoms with Crippen molar-refractivity contribution in [1.29, 1.82) is 0 Å². The number of rotatable bonds is 5. The van der Waals surface area contributed by atoms with Crippen LogP contribution in [0.3, 0.4) is 0 Å². The zero-order valence-electron chi connectivity index (χ0n) is 13.3. The van der Waals surface area contributed by atoms with Gasteiger partial charge in [0, 0.05) is 24.5 Å². The highest BCUT2D eigenvalue weighted by atomic mass is 35.5. The summed E-state index contributed by atoms with van der Waals surface area (Å²) < 4.78 is 0. The van der Waals surface area contributed by atoms with Crippen molar-refractivity contribution in [2.45, 2.75) is 19.3 Å². The maximum Gasteiger partial charge on any atom is 0.253 e. The molecule has 1 saturated heterocycles. The minimum absolute atomic E-state index is 0.0376. The predicted octanol–water partition coefficient (Wildman–Crippen LogP) is 3.44. The third-order valence-electron chi connectivity index (χ3n) is 4.11. The number of anilines is 1. The van der Waals surface area contributed by atoms with E-state index >= 15 is 0 Å². The number of halogens is 1. The monoisotopic (exact) mass is 342 g/mol. The zero-order chi connectivity index (χ0) is 16.9. The van der Waals surface area contributed by atoms with Crippen molar-refractivity contribution in [2.24, 2.45) is 0 Å². The fraction of sp³-hybridized carbons (Fsp3) is 0.263. The van der Waals surface area contributed by atoms with Crippen LogP contribution in [0.25, 0.3) is 0 Å². The van der Waals surface area contributed by atoms with Crippen molar-refractivity contribution in [3.8, 4) is 0 Å². The van der Waals surface area contributed by atoms with Crippen LogP contribution in [0.15, 0.2) is 48.5 Å². The van der Waals surface area contributed by atoms with E-state index in [-0.39, 0.29) is 11.8 Å². The Morgan fingerprint density at radius 3 is 2.67 bits per heavy atom. The molecule has 24 heavy (non-hydrogen) atoms. The Morgan fingerprint density at radius 2 is 1.96 bits per heavy atom. The summed E-state index contributed by atoms with van der Waals surface area (Å²) in [6, 6.07) is 15.0. The van der Waals surface area contributed by atoms with Crippen LogP contribution in [0.4, 0.5) is 5.69 Å². The first-order valence-corrected chi connectivity index (χ1v) is 8.45. The minimum Gasteiger partial charge on any atom is -0.352 e. The Morgan fingerprint density at radius 1 is 1.17 bits per heavy atom. The van der Waals surface area contributed by atoms with Gasteiger partial charge in [0.2, 0.25) is 5.91 Å². The second kappa shape index (κ2) is 7.49. The summed E-state index contributed by atoms with van der Waals surface area (Å²) in [5.74, 6) is -0.145. The van der Waals surface area contributed by atoms with Gasteiger partial charge in [0.1, 0.15) is 0 Å². The lowest BCUT2D eigenvalue weighted by Gasteiger charge is -2.19. The third kappa shape index (κ3) is 3.77. The van der Waals surface area contributed by atoms with Crippen LogP contribution in [0.5, 0.6) is 0 Å². The zero-order valence-corrected chi connectivity index (χ0v) is 14.1. The second-order valence-corrected chi connectivity index (χ2v) is 6.24. The number of hydrogen-bond donors (Lipinski definition) is 1. The largest absolute Gasteiger partial charge is 0.352 e. The predicted molar refractivity (Wildman–Crippen MR) is 95.5 cm³/mol. The van der Waals surface area contributed by atoms with E-state index in [1.165, 1.54) is 5.56 Å². The summed E-state index contributed by atoms with van der Waals surface area (Å²) in [6.45, 7) is 1.17. The number of carbonyl (C=O) groups is 2. The van der Waals surface area contributed by atoms with Gasteiger partial charge in [0.25, 0.3) is 5.91 Å². The van der Waals surface area contributed by atoms with Gasteiger partial charge in [0.05, 0.1) is 11.3 Å². The van der Waals surface area contributed by atoms with Crippen molar-refractivity contribution < 1.29 is 9.59 Å². The number of hydrogen-bond acceptors (Lipinski definition) is 2. The molecule has 0 atom stereocenters. The third-order valence-corrected chi connectivity index (χ3v) is 4.35. The van der Waals surface area contributed by atoms with E-state index in [4.69, 9.17) is 11.6 Å². The average molecular weight is 343 g/mol. The van der Waals surface area contributed by atoms with Gasteiger partial charge in [-0.15, -0.1) is 0 Å². The summed E-state index contributed by atoms with van der Waals surface area (Å²) in [6.07, 6.45) is 2.08. The number of nitrogens with zero attached hydrogens (tertiary/aromatic N) is 1. The SMILES string of the molecule is O=C(NCCc1ccccc1)c1ccc(Cl)cc1N1CCCC1=O. The van der Waals surface area contributed by atoms with Gasteiger partial charge in [-0.25, -0.2) is 0 Å². The van der Waals surface area contributed by atoms with E-state index in [1.54, 1.807) is 23.1 Å². The van der Waals surface area contributed by atoms with E-state index < -0.39 is 0 Å². The number of carbonyl (C=O) groups excluding carboxylic acids is 2. The van der Waals surface area contributed by atoms with Gasteiger partial charge >= 0.3 is 0 Å². The van der Waals surface area contributed by atoms with Gasteiger partial charge in [-0.2, -0.15) is 0 Å². The van der Waals surface area contributed by atoms with Crippen LogP contribution in [0.1, 0.15) is 28.8 Å². The summed E-state index contributed by atoms with van der Waals surface area (Å²) in [7, 11) is 0. The molecule has 2 aromatic rings. The highest BCUT2D eigenvalue weighted by Crippen LogP contribution is 2.28. The molecule has 1 heterocycles. The molecule has 1 aliphatic heterocycles. The van der Waals surface area contributed by atoms with Crippen LogP contribution < -0.4 is 10.2 Å². The van der Waals surface area contributed by atoms with Crippen molar-refractivity contribution in [2.75, 3.05) is 18.0 Å². The molecular weight excluding hydrogens is 324 g/mol. The van der Waals surface area contributed by atoms with Crippen LogP contribution >= 0.6 is 11.6 Å². The van der Waals surface area contributed by atoms with Gasteiger partial charge < -0.3 is 10.2 Å². The Balaban J connectivity index is 1.71. The molecule has 0 aliphatic carbocycles. The van der Waals surface area contributed by atoms with Crippen molar-refractivity contribution >= 4 is 29.1 Å². The highest BCUT2D eigenvalue weighted by Gasteiger charge is 2.26. The first-order valence-electron chi connectivity index (χ1n) is 8.07. The van der Waals surface area contributed by atoms with E-state index in [0.29, 0.717) is 35.8 Å². The van der Waals surface area contributed by atoms with Crippen molar-refractivity contribution in [3.63, 3.8) is 0 Å². The van der Waals surface area contributed by atoms with Gasteiger partial charge in [-0.1, -0.05) is 41.9 Å². The molecule has 124 valence electrons. The molecule has 0 spiro atoms. The summed E-state index contributed by atoms with van der Waals surface area (Å²) in [4.78, 5) is 26.2. The lowest BCUT2D eigenvalue weighted by Crippen LogP contribution is -2.30.